The van der Waals surface area contributed by atoms with E-state index in [9.17, 15) is 0 Å². The number of rotatable bonds is 4. The van der Waals surface area contributed by atoms with Gasteiger partial charge in [-0.15, -0.1) is 0 Å². The number of benzene rings is 1. The fourth-order valence-electron chi connectivity index (χ4n) is 1.74. The minimum Gasteiger partial charge on any atom is -0.305 e. The molecule has 0 spiro atoms. The smallest absolute Gasteiger partial charge is 0.106 e. The summed E-state index contributed by atoms with van der Waals surface area (Å²) in [5.41, 5.74) is 2.11. The lowest BCUT2D eigenvalue weighted by Gasteiger charge is -2.15. The fourth-order valence-corrected chi connectivity index (χ4v) is 2.42. The van der Waals surface area contributed by atoms with Gasteiger partial charge in [-0.25, -0.2) is 4.98 Å². The maximum absolute atomic E-state index is 6.16. The first-order valence-corrected chi connectivity index (χ1v) is 6.93. The Bertz CT molecular complexity index is 531. The average molecular weight is 326 g/mol. The molecule has 0 saturated carbocycles. The highest BCUT2D eigenvalue weighted by molar-refractivity contribution is 9.10. The van der Waals surface area contributed by atoms with Gasteiger partial charge in [-0.1, -0.05) is 35.9 Å². The predicted molar refractivity (Wildman–Crippen MR) is 78.6 cm³/mol. The zero-order valence-electron chi connectivity index (χ0n) is 10.0. The third kappa shape index (κ3) is 3.55. The average Bonchev–Trinajstić information content (AvgIpc) is 2.37. The minimum atomic E-state index is 0.194. The zero-order chi connectivity index (χ0) is 13.0. The van der Waals surface area contributed by atoms with Gasteiger partial charge in [0.2, 0.25) is 0 Å². The summed E-state index contributed by atoms with van der Waals surface area (Å²) in [7, 11) is 0. The molecule has 2 nitrogen and oxygen atoms in total. The van der Waals surface area contributed by atoms with Crippen molar-refractivity contribution in [2.45, 2.75) is 19.5 Å². The second kappa shape index (κ2) is 6.32. The zero-order valence-corrected chi connectivity index (χ0v) is 12.4. The van der Waals surface area contributed by atoms with Crippen LogP contribution in [0.2, 0.25) is 5.02 Å². The van der Waals surface area contributed by atoms with E-state index < -0.39 is 0 Å². The summed E-state index contributed by atoms with van der Waals surface area (Å²) in [6.07, 6.45) is 0. The van der Waals surface area contributed by atoms with E-state index in [0.29, 0.717) is 6.54 Å². The van der Waals surface area contributed by atoms with Crippen LogP contribution in [0.1, 0.15) is 24.2 Å². The van der Waals surface area contributed by atoms with Crippen molar-refractivity contribution < 1.29 is 0 Å². The molecule has 18 heavy (non-hydrogen) atoms. The third-order valence-electron chi connectivity index (χ3n) is 2.73. The van der Waals surface area contributed by atoms with Crippen molar-refractivity contribution in [1.82, 2.24) is 10.3 Å². The molecule has 1 N–H and O–H groups in total. The Balaban J connectivity index is 2.00. The van der Waals surface area contributed by atoms with Crippen molar-refractivity contribution in [3.05, 3.63) is 63.3 Å². The van der Waals surface area contributed by atoms with Gasteiger partial charge in [0, 0.05) is 17.6 Å². The molecule has 0 fully saturated rings. The summed E-state index contributed by atoms with van der Waals surface area (Å²) in [5, 5.41) is 4.21. The van der Waals surface area contributed by atoms with Gasteiger partial charge in [0.05, 0.1) is 5.69 Å². The maximum atomic E-state index is 6.16. The second-order valence-corrected chi connectivity index (χ2v) is 5.30. The summed E-state index contributed by atoms with van der Waals surface area (Å²) in [6.45, 7) is 2.81. The summed E-state index contributed by atoms with van der Waals surface area (Å²) in [6, 6.07) is 14.0. The Morgan fingerprint density at radius 3 is 2.72 bits per heavy atom. The summed E-state index contributed by atoms with van der Waals surface area (Å²) in [5.74, 6) is 0. The van der Waals surface area contributed by atoms with Gasteiger partial charge in [-0.3, -0.25) is 0 Å². The van der Waals surface area contributed by atoms with Gasteiger partial charge >= 0.3 is 0 Å². The molecule has 1 heterocycles. The topological polar surface area (TPSA) is 24.9 Å². The molecule has 2 aromatic rings. The maximum Gasteiger partial charge on any atom is 0.106 e. The van der Waals surface area contributed by atoms with Gasteiger partial charge in [-0.2, -0.15) is 0 Å². The largest absolute Gasteiger partial charge is 0.305 e. The number of nitrogens with zero attached hydrogens (tertiary/aromatic N) is 1. The van der Waals surface area contributed by atoms with Gasteiger partial charge in [-0.05, 0) is 46.6 Å². The molecule has 0 saturated heterocycles. The van der Waals surface area contributed by atoms with Crippen LogP contribution < -0.4 is 5.32 Å². The van der Waals surface area contributed by atoms with E-state index in [1.807, 2.05) is 42.5 Å². The highest BCUT2D eigenvalue weighted by atomic mass is 79.9. The monoisotopic (exact) mass is 324 g/mol. The molecule has 1 unspecified atom stereocenters. The van der Waals surface area contributed by atoms with Crippen molar-refractivity contribution in [3.8, 4) is 0 Å². The normalized spacial score (nSPS) is 12.4. The van der Waals surface area contributed by atoms with E-state index in [-0.39, 0.29) is 6.04 Å². The molecule has 1 aromatic heterocycles. The highest BCUT2D eigenvalue weighted by Gasteiger charge is 2.08. The molecule has 0 aliphatic carbocycles. The summed E-state index contributed by atoms with van der Waals surface area (Å²) >= 11 is 9.53. The molecule has 0 radical (unpaired) electrons. The first-order chi connectivity index (χ1) is 8.66. The first kappa shape index (κ1) is 13.5. The van der Waals surface area contributed by atoms with Gasteiger partial charge < -0.3 is 5.32 Å². The SMILES string of the molecule is CC(NCc1cccc(Br)n1)c1ccccc1Cl. The lowest BCUT2D eigenvalue weighted by molar-refractivity contribution is 0.567. The van der Waals surface area contributed by atoms with Crippen molar-refractivity contribution in [1.29, 1.82) is 0 Å². The van der Waals surface area contributed by atoms with Crippen LogP contribution in [0.25, 0.3) is 0 Å². The van der Waals surface area contributed by atoms with Crippen LogP contribution in [0, 0.1) is 0 Å². The molecule has 0 amide bonds. The fraction of sp³-hybridized carbons (Fsp3) is 0.214. The van der Waals surface area contributed by atoms with Gasteiger partial charge in [0.1, 0.15) is 4.60 Å². The Morgan fingerprint density at radius 2 is 2.00 bits per heavy atom. The van der Waals surface area contributed by atoms with Gasteiger partial charge in [0.25, 0.3) is 0 Å². The van der Waals surface area contributed by atoms with E-state index in [2.05, 4.69) is 33.2 Å². The van der Waals surface area contributed by atoms with Crippen LogP contribution in [0.4, 0.5) is 0 Å². The van der Waals surface area contributed by atoms with E-state index >= 15 is 0 Å². The predicted octanol–water partition coefficient (Wildman–Crippen LogP) is 4.35. The molecular formula is C14H14BrClN2. The van der Waals surface area contributed by atoms with Gasteiger partial charge in [0.15, 0.2) is 0 Å². The molecule has 0 bridgehead atoms. The number of hydrogen-bond acceptors (Lipinski definition) is 2. The number of pyridine rings is 1. The van der Waals surface area contributed by atoms with Crippen molar-refractivity contribution >= 4 is 27.5 Å². The Kier molecular flexibility index (Phi) is 4.75. The Morgan fingerprint density at radius 1 is 1.22 bits per heavy atom. The van der Waals surface area contributed by atoms with Crippen LogP contribution in [0.5, 0.6) is 0 Å². The molecule has 2 rings (SSSR count). The summed E-state index contributed by atoms with van der Waals surface area (Å²) < 4.78 is 0.854. The molecule has 0 aliphatic heterocycles. The molecule has 0 aliphatic rings. The van der Waals surface area contributed by atoms with Crippen molar-refractivity contribution in [2.75, 3.05) is 0 Å². The van der Waals surface area contributed by atoms with E-state index in [1.165, 1.54) is 0 Å². The van der Waals surface area contributed by atoms with E-state index in [1.54, 1.807) is 0 Å². The highest BCUT2D eigenvalue weighted by Crippen LogP contribution is 2.22. The quantitative estimate of drug-likeness (QED) is 0.845. The van der Waals surface area contributed by atoms with Crippen molar-refractivity contribution in [3.63, 3.8) is 0 Å². The third-order valence-corrected chi connectivity index (χ3v) is 3.52. The molecule has 94 valence electrons. The Hall–Kier alpha value is -0.900. The van der Waals surface area contributed by atoms with E-state index in [4.69, 9.17) is 11.6 Å². The molecule has 1 atom stereocenters. The second-order valence-electron chi connectivity index (χ2n) is 4.08. The lowest BCUT2D eigenvalue weighted by Crippen LogP contribution is -2.19. The minimum absolute atomic E-state index is 0.194. The Labute approximate surface area is 121 Å². The lowest BCUT2D eigenvalue weighted by atomic mass is 10.1. The van der Waals surface area contributed by atoms with E-state index in [0.717, 1.165) is 20.9 Å². The van der Waals surface area contributed by atoms with Crippen molar-refractivity contribution in [2.24, 2.45) is 0 Å². The number of hydrogen-bond donors (Lipinski definition) is 1. The van der Waals surface area contributed by atoms with Crippen LogP contribution in [0.3, 0.4) is 0 Å². The molecule has 1 aromatic carbocycles. The standard InChI is InChI=1S/C14H14BrClN2/c1-10(12-6-2-3-7-13(12)16)17-9-11-5-4-8-14(15)18-11/h2-8,10,17H,9H2,1H3. The molecular weight excluding hydrogens is 312 g/mol. The number of nitrogens with one attached hydrogen (secondary N) is 1. The number of aromatic nitrogens is 1. The van der Waals surface area contributed by atoms with Crippen LogP contribution in [-0.4, -0.2) is 4.98 Å². The first-order valence-electron chi connectivity index (χ1n) is 5.76. The van der Waals surface area contributed by atoms with Crippen LogP contribution in [-0.2, 0) is 6.54 Å². The van der Waals surface area contributed by atoms with Crippen LogP contribution >= 0.6 is 27.5 Å². The number of halogens is 2. The summed E-state index contributed by atoms with van der Waals surface area (Å²) in [4.78, 5) is 4.38. The van der Waals surface area contributed by atoms with Crippen LogP contribution in [0.15, 0.2) is 47.1 Å². The molecule has 4 heteroatoms.